The van der Waals surface area contributed by atoms with Gasteiger partial charge in [-0.2, -0.15) is 13.2 Å². The minimum absolute atomic E-state index is 0.345. The van der Waals surface area contributed by atoms with Crippen LogP contribution < -0.4 is 5.73 Å². The van der Waals surface area contributed by atoms with Crippen LogP contribution in [0.5, 0.6) is 0 Å². The predicted octanol–water partition coefficient (Wildman–Crippen LogP) is 1.99. The third-order valence-corrected chi connectivity index (χ3v) is 1.83. The van der Waals surface area contributed by atoms with Crippen molar-refractivity contribution in [2.45, 2.75) is 31.5 Å². The molecule has 0 saturated carbocycles. The number of allylic oxidation sites excluding steroid dienone is 1. The molecule has 0 spiro atoms. The van der Waals surface area contributed by atoms with E-state index in [2.05, 4.69) is 0 Å². The van der Waals surface area contributed by atoms with Crippen LogP contribution in [0.4, 0.5) is 13.2 Å². The Labute approximate surface area is 63.1 Å². The van der Waals surface area contributed by atoms with Gasteiger partial charge in [-0.1, -0.05) is 6.08 Å². The van der Waals surface area contributed by atoms with E-state index in [0.717, 1.165) is 12.8 Å². The summed E-state index contributed by atoms with van der Waals surface area (Å²) >= 11 is 0. The number of hydrogen-bond acceptors (Lipinski definition) is 1. The molecule has 0 radical (unpaired) electrons. The van der Waals surface area contributed by atoms with Crippen LogP contribution >= 0.6 is 0 Å². The lowest BCUT2D eigenvalue weighted by atomic mass is 10.1. The second-order valence-corrected chi connectivity index (χ2v) is 2.69. The highest BCUT2D eigenvalue weighted by molar-refractivity contribution is 5.16. The summed E-state index contributed by atoms with van der Waals surface area (Å²) < 4.78 is 35.8. The van der Waals surface area contributed by atoms with E-state index >= 15 is 0 Å². The molecular formula is C7H10F3N. The Morgan fingerprint density at radius 1 is 1.45 bits per heavy atom. The molecule has 1 unspecified atom stereocenters. The van der Waals surface area contributed by atoms with Gasteiger partial charge in [0.25, 0.3) is 0 Å². The molecule has 2 N–H and O–H groups in total. The largest absolute Gasteiger partial charge is 0.407 e. The zero-order valence-electron chi connectivity index (χ0n) is 5.99. The lowest BCUT2D eigenvalue weighted by Gasteiger charge is -2.16. The van der Waals surface area contributed by atoms with Gasteiger partial charge in [-0.15, -0.1) is 0 Å². The molecule has 0 aromatic rings. The van der Waals surface area contributed by atoms with Crippen LogP contribution in [0.2, 0.25) is 0 Å². The smallest absolute Gasteiger partial charge is 0.317 e. The summed E-state index contributed by atoms with van der Waals surface area (Å²) in [6.45, 7) is 0. The van der Waals surface area contributed by atoms with Crippen molar-refractivity contribution < 1.29 is 13.2 Å². The maximum Gasteiger partial charge on any atom is 0.407 e. The molecule has 64 valence electrons. The van der Waals surface area contributed by atoms with E-state index in [0.29, 0.717) is 12.0 Å². The summed E-state index contributed by atoms with van der Waals surface area (Å²) in [7, 11) is 0. The fraction of sp³-hybridized carbons (Fsp3) is 0.714. The standard InChI is InChI=1S/C7H10F3N/c8-7(9,10)6(11)5-3-1-2-4-5/h3,6H,1-2,4,11H2. The molecule has 0 amide bonds. The van der Waals surface area contributed by atoms with E-state index in [1.165, 1.54) is 0 Å². The highest BCUT2D eigenvalue weighted by Gasteiger charge is 2.39. The van der Waals surface area contributed by atoms with Crippen molar-refractivity contribution in [3.63, 3.8) is 0 Å². The van der Waals surface area contributed by atoms with Gasteiger partial charge in [0.1, 0.15) is 6.04 Å². The number of rotatable bonds is 1. The lowest BCUT2D eigenvalue weighted by Crippen LogP contribution is -2.38. The molecule has 1 nitrogen and oxygen atoms in total. The molecular weight excluding hydrogens is 155 g/mol. The van der Waals surface area contributed by atoms with E-state index in [-0.39, 0.29) is 0 Å². The number of alkyl halides is 3. The zero-order chi connectivity index (χ0) is 8.48. The second-order valence-electron chi connectivity index (χ2n) is 2.69. The highest BCUT2D eigenvalue weighted by atomic mass is 19.4. The third kappa shape index (κ3) is 1.96. The summed E-state index contributed by atoms with van der Waals surface area (Å²) in [4.78, 5) is 0. The van der Waals surface area contributed by atoms with Crippen LogP contribution in [0, 0.1) is 0 Å². The minimum atomic E-state index is -4.27. The van der Waals surface area contributed by atoms with Crippen LogP contribution in [0.25, 0.3) is 0 Å². The maximum absolute atomic E-state index is 11.9. The normalized spacial score (nSPS) is 21.6. The van der Waals surface area contributed by atoms with E-state index < -0.39 is 12.2 Å². The summed E-state index contributed by atoms with van der Waals surface area (Å²) in [5.74, 6) is 0. The molecule has 1 rings (SSSR count). The van der Waals surface area contributed by atoms with Crippen molar-refractivity contribution in [3.05, 3.63) is 11.6 Å². The maximum atomic E-state index is 11.9. The van der Waals surface area contributed by atoms with E-state index in [1.54, 1.807) is 6.08 Å². The minimum Gasteiger partial charge on any atom is -0.317 e. The Morgan fingerprint density at radius 2 is 2.09 bits per heavy atom. The van der Waals surface area contributed by atoms with Gasteiger partial charge in [0.15, 0.2) is 0 Å². The van der Waals surface area contributed by atoms with Gasteiger partial charge >= 0.3 is 6.18 Å². The van der Waals surface area contributed by atoms with E-state index in [9.17, 15) is 13.2 Å². The van der Waals surface area contributed by atoms with Crippen LogP contribution in [0.3, 0.4) is 0 Å². The number of nitrogens with two attached hydrogens (primary N) is 1. The van der Waals surface area contributed by atoms with E-state index in [4.69, 9.17) is 5.73 Å². The summed E-state index contributed by atoms with van der Waals surface area (Å²) in [6, 6.07) is -1.73. The van der Waals surface area contributed by atoms with Gasteiger partial charge in [0.05, 0.1) is 0 Å². The van der Waals surface area contributed by atoms with Gasteiger partial charge in [0, 0.05) is 0 Å². The Hall–Kier alpha value is -0.510. The molecule has 11 heavy (non-hydrogen) atoms. The summed E-state index contributed by atoms with van der Waals surface area (Å²) in [5, 5.41) is 0. The average Bonchev–Trinajstić information content (AvgIpc) is 2.34. The molecule has 4 heteroatoms. The second kappa shape index (κ2) is 2.85. The van der Waals surface area contributed by atoms with Crippen molar-refractivity contribution >= 4 is 0 Å². The predicted molar refractivity (Wildman–Crippen MR) is 36.0 cm³/mol. The SMILES string of the molecule is NC(C1=CCCC1)C(F)(F)F. The van der Waals surface area contributed by atoms with E-state index in [1.807, 2.05) is 0 Å². The first-order valence-corrected chi connectivity index (χ1v) is 3.53. The monoisotopic (exact) mass is 165 g/mol. The highest BCUT2D eigenvalue weighted by Crippen LogP contribution is 2.29. The molecule has 1 atom stereocenters. The third-order valence-electron chi connectivity index (χ3n) is 1.83. The Bertz CT molecular complexity index is 171. The Balaban J connectivity index is 2.60. The van der Waals surface area contributed by atoms with Crippen LogP contribution in [0.1, 0.15) is 19.3 Å². The van der Waals surface area contributed by atoms with Crippen molar-refractivity contribution in [1.29, 1.82) is 0 Å². The fourth-order valence-electron chi connectivity index (χ4n) is 1.19. The van der Waals surface area contributed by atoms with Crippen LogP contribution in [-0.2, 0) is 0 Å². The lowest BCUT2D eigenvalue weighted by molar-refractivity contribution is -0.139. The van der Waals surface area contributed by atoms with Gasteiger partial charge < -0.3 is 5.73 Å². The first-order chi connectivity index (χ1) is 5.02. The summed E-state index contributed by atoms with van der Waals surface area (Å²) in [5.41, 5.74) is 5.31. The average molecular weight is 165 g/mol. The first kappa shape index (κ1) is 8.59. The van der Waals surface area contributed by atoms with Gasteiger partial charge in [-0.05, 0) is 24.8 Å². The van der Waals surface area contributed by atoms with Gasteiger partial charge in [-0.3, -0.25) is 0 Å². The number of halogens is 3. The molecule has 1 aliphatic carbocycles. The van der Waals surface area contributed by atoms with Gasteiger partial charge in [-0.25, -0.2) is 0 Å². The van der Waals surface area contributed by atoms with Crippen LogP contribution in [0.15, 0.2) is 11.6 Å². The van der Waals surface area contributed by atoms with Crippen molar-refractivity contribution in [2.24, 2.45) is 5.73 Å². The van der Waals surface area contributed by atoms with Crippen molar-refractivity contribution in [3.8, 4) is 0 Å². The number of hydrogen-bond donors (Lipinski definition) is 1. The molecule has 0 aromatic carbocycles. The Morgan fingerprint density at radius 3 is 2.45 bits per heavy atom. The zero-order valence-corrected chi connectivity index (χ0v) is 5.99. The Kier molecular flexibility index (Phi) is 2.23. The molecule has 0 aromatic heterocycles. The molecule has 1 aliphatic rings. The molecule has 0 heterocycles. The van der Waals surface area contributed by atoms with Crippen LogP contribution in [-0.4, -0.2) is 12.2 Å². The van der Waals surface area contributed by atoms with Crippen molar-refractivity contribution in [1.82, 2.24) is 0 Å². The fourth-order valence-corrected chi connectivity index (χ4v) is 1.19. The topological polar surface area (TPSA) is 26.0 Å². The summed E-state index contributed by atoms with van der Waals surface area (Å²) in [6.07, 6.45) is -0.632. The first-order valence-electron chi connectivity index (χ1n) is 3.53. The van der Waals surface area contributed by atoms with Crippen molar-refractivity contribution in [2.75, 3.05) is 0 Å². The molecule has 0 saturated heterocycles. The van der Waals surface area contributed by atoms with Gasteiger partial charge in [0.2, 0.25) is 0 Å². The quantitative estimate of drug-likeness (QED) is 0.591. The molecule has 0 fully saturated rings. The molecule has 0 aliphatic heterocycles. The molecule has 0 bridgehead atoms.